The van der Waals surface area contributed by atoms with E-state index in [1.165, 1.54) is 6.21 Å². The van der Waals surface area contributed by atoms with Gasteiger partial charge in [0.05, 0.1) is 12.2 Å². The molecular weight excluding hydrogens is 498 g/mol. The Kier molecular flexibility index (Phi) is 10.2. The SMILES string of the molecule is CC(C)CCn1cc(NC(=O)c2cc3cc(C(=O)NCCN=C(N)N)ccc3[nH]2)cc1C(=O)NCCCC=N. The monoisotopic (exact) mass is 535 g/mol. The summed E-state index contributed by atoms with van der Waals surface area (Å²) in [6.45, 7) is 5.90. The fourth-order valence-electron chi connectivity index (χ4n) is 3.90. The molecule has 12 heteroatoms. The minimum atomic E-state index is -0.367. The molecule has 0 spiro atoms. The highest BCUT2D eigenvalue weighted by molar-refractivity contribution is 6.07. The number of rotatable bonds is 14. The number of aromatic amines is 1. The van der Waals surface area contributed by atoms with Crippen molar-refractivity contribution in [3.05, 3.63) is 53.5 Å². The second-order valence-electron chi connectivity index (χ2n) is 9.59. The van der Waals surface area contributed by atoms with Crippen molar-refractivity contribution < 1.29 is 14.4 Å². The lowest BCUT2D eigenvalue weighted by molar-refractivity contribution is 0.0939. The van der Waals surface area contributed by atoms with Crippen molar-refractivity contribution in [2.45, 2.75) is 39.7 Å². The van der Waals surface area contributed by atoms with Gasteiger partial charge in [-0.3, -0.25) is 19.4 Å². The third kappa shape index (κ3) is 8.45. The van der Waals surface area contributed by atoms with Crippen LogP contribution in [0.25, 0.3) is 10.9 Å². The van der Waals surface area contributed by atoms with E-state index >= 15 is 0 Å². The summed E-state index contributed by atoms with van der Waals surface area (Å²) in [4.78, 5) is 45.2. The third-order valence-corrected chi connectivity index (χ3v) is 5.96. The van der Waals surface area contributed by atoms with Gasteiger partial charge in [0.1, 0.15) is 11.4 Å². The van der Waals surface area contributed by atoms with Crippen molar-refractivity contribution in [1.29, 1.82) is 5.41 Å². The number of fused-ring (bicyclic) bond motifs is 1. The highest BCUT2D eigenvalue weighted by Gasteiger charge is 2.17. The lowest BCUT2D eigenvalue weighted by Gasteiger charge is -2.10. The Morgan fingerprint density at radius 1 is 1.08 bits per heavy atom. The number of nitrogens with two attached hydrogens (primary N) is 2. The van der Waals surface area contributed by atoms with Gasteiger partial charge in [0.15, 0.2) is 5.96 Å². The molecule has 12 nitrogen and oxygen atoms in total. The summed E-state index contributed by atoms with van der Waals surface area (Å²) >= 11 is 0. The van der Waals surface area contributed by atoms with Gasteiger partial charge in [0.25, 0.3) is 17.7 Å². The van der Waals surface area contributed by atoms with Gasteiger partial charge in [0.2, 0.25) is 0 Å². The van der Waals surface area contributed by atoms with E-state index < -0.39 is 0 Å². The van der Waals surface area contributed by atoms with E-state index in [9.17, 15) is 14.4 Å². The molecule has 208 valence electrons. The second-order valence-corrected chi connectivity index (χ2v) is 9.59. The van der Waals surface area contributed by atoms with Crippen LogP contribution in [0.15, 0.2) is 41.5 Å². The molecule has 0 saturated heterocycles. The van der Waals surface area contributed by atoms with Gasteiger partial charge in [-0.25, -0.2) is 0 Å². The Morgan fingerprint density at radius 2 is 1.85 bits per heavy atom. The van der Waals surface area contributed by atoms with Gasteiger partial charge in [-0.05, 0) is 61.7 Å². The first-order valence-corrected chi connectivity index (χ1v) is 12.9. The molecule has 3 amide bonds. The third-order valence-electron chi connectivity index (χ3n) is 5.96. The average Bonchev–Trinajstić information content (AvgIpc) is 3.51. The van der Waals surface area contributed by atoms with Crippen LogP contribution in [0, 0.1) is 11.3 Å². The predicted octanol–water partition coefficient (Wildman–Crippen LogP) is 2.43. The zero-order valence-corrected chi connectivity index (χ0v) is 22.3. The van der Waals surface area contributed by atoms with E-state index in [2.05, 4.69) is 39.8 Å². The number of nitrogens with zero attached hydrogens (tertiary/aromatic N) is 2. The molecule has 0 radical (unpaired) electrons. The number of aliphatic imine (C=N–C) groups is 1. The van der Waals surface area contributed by atoms with Crippen LogP contribution < -0.4 is 27.4 Å². The number of hydrogen-bond acceptors (Lipinski definition) is 5. The fraction of sp³-hybridized carbons (Fsp3) is 0.370. The van der Waals surface area contributed by atoms with Crippen LogP contribution in [0.3, 0.4) is 0 Å². The van der Waals surface area contributed by atoms with Crippen LogP contribution in [0.2, 0.25) is 0 Å². The summed E-state index contributed by atoms with van der Waals surface area (Å²) in [6, 6.07) is 8.44. The summed E-state index contributed by atoms with van der Waals surface area (Å²) in [5.74, 6) is -0.454. The van der Waals surface area contributed by atoms with Crippen molar-refractivity contribution in [3.8, 4) is 0 Å². The summed E-state index contributed by atoms with van der Waals surface area (Å²) in [5, 5.41) is 16.3. The van der Waals surface area contributed by atoms with Crippen LogP contribution in [-0.4, -0.2) is 59.1 Å². The van der Waals surface area contributed by atoms with Gasteiger partial charge < -0.3 is 42.4 Å². The number of aromatic nitrogens is 2. The number of aryl methyl sites for hydroxylation is 1. The molecule has 9 N–H and O–H groups in total. The van der Waals surface area contributed by atoms with Crippen LogP contribution >= 0.6 is 0 Å². The molecule has 39 heavy (non-hydrogen) atoms. The molecule has 0 aliphatic carbocycles. The summed E-state index contributed by atoms with van der Waals surface area (Å²) in [6.07, 6.45) is 5.25. The Labute approximate surface area is 227 Å². The minimum Gasteiger partial charge on any atom is -0.370 e. The van der Waals surface area contributed by atoms with Crippen molar-refractivity contribution in [1.82, 2.24) is 20.2 Å². The Balaban J connectivity index is 1.71. The fourth-order valence-corrected chi connectivity index (χ4v) is 3.90. The summed E-state index contributed by atoms with van der Waals surface area (Å²) in [7, 11) is 0. The van der Waals surface area contributed by atoms with Crippen molar-refractivity contribution in [2.24, 2.45) is 22.4 Å². The topological polar surface area (TPSA) is 196 Å². The molecule has 0 aliphatic heterocycles. The molecule has 3 rings (SSSR count). The molecule has 0 unspecified atom stereocenters. The average molecular weight is 536 g/mol. The van der Waals surface area contributed by atoms with Gasteiger partial charge >= 0.3 is 0 Å². The number of hydrogen-bond donors (Lipinski definition) is 7. The van der Waals surface area contributed by atoms with E-state index in [1.54, 1.807) is 36.5 Å². The summed E-state index contributed by atoms with van der Waals surface area (Å²) in [5.41, 5.74) is 13.0. The number of H-pyrrole nitrogens is 1. The minimum absolute atomic E-state index is 0.0365. The van der Waals surface area contributed by atoms with E-state index in [-0.39, 0.29) is 36.8 Å². The molecule has 1 aromatic carbocycles. The first-order chi connectivity index (χ1) is 18.7. The first-order valence-electron chi connectivity index (χ1n) is 12.9. The van der Waals surface area contributed by atoms with Gasteiger partial charge in [0, 0.05) is 42.3 Å². The Hall–Kier alpha value is -4.61. The molecule has 0 bridgehead atoms. The highest BCUT2D eigenvalue weighted by Crippen LogP contribution is 2.21. The lowest BCUT2D eigenvalue weighted by atomic mass is 10.1. The molecule has 0 atom stereocenters. The predicted molar refractivity (Wildman–Crippen MR) is 153 cm³/mol. The molecule has 0 fully saturated rings. The zero-order valence-electron chi connectivity index (χ0n) is 22.3. The first kappa shape index (κ1) is 29.0. The zero-order chi connectivity index (χ0) is 28.4. The van der Waals surface area contributed by atoms with Crippen LogP contribution in [-0.2, 0) is 6.54 Å². The van der Waals surface area contributed by atoms with E-state index in [0.717, 1.165) is 6.42 Å². The Bertz CT molecular complexity index is 1350. The summed E-state index contributed by atoms with van der Waals surface area (Å²) < 4.78 is 1.85. The molecular formula is C27H37N9O3. The maximum atomic E-state index is 13.0. The van der Waals surface area contributed by atoms with E-state index in [4.69, 9.17) is 16.9 Å². The van der Waals surface area contributed by atoms with Gasteiger partial charge in [-0.15, -0.1) is 0 Å². The van der Waals surface area contributed by atoms with Crippen molar-refractivity contribution >= 4 is 46.5 Å². The van der Waals surface area contributed by atoms with Crippen LogP contribution in [0.4, 0.5) is 5.69 Å². The second kappa shape index (κ2) is 13.8. The lowest BCUT2D eigenvalue weighted by Crippen LogP contribution is -2.28. The van der Waals surface area contributed by atoms with Crippen LogP contribution in [0.5, 0.6) is 0 Å². The molecule has 0 saturated carbocycles. The molecule has 2 aromatic heterocycles. The molecule has 3 aromatic rings. The maximum Gasteiger partial charge on any atom is 0.272 e. The maximum absolute atomic E-state index is 13.0. The number of carbonyl (C=O) groups excluding carboxylic acids is 3. The largest absolute Gasteiger partial charge is 0.370 e. The number of nitrogens with one attached hydrogen (secondary N) is 5. The van der Waals surface area contributed by atoms with Crippen LogP contribution in [0.1, 0.15) is 64.4 Å². The van der Waals surface area contributed by atoms with Gasteiger partial charge in [-0.2, -0.15) is 0 Å². The number of unbranched alkanes of at least 4 members (excludes halogenated alkanes) is 1. The van der Waals surface area contributed by atoms with Crippen molar-refractivity contribution in [2.75, 3.05) is 25.0 Å². The number of amides is 3. The number of anilines is 1. The number of guanidine groups is 1. The number of benzene rings is 1. The van der Waals surface area contributed by atoms with Gasteiger partial charge in [-0.1, -0.05) is 13.8 Å². The molecule has 2 heterocycles. The highest BCUT2D eigenvalue weighted by atomic mass is 16.2. The van der Waals surface area contributed by atoms with E-state index in [1.807, 2.05) is 4.57 Å². The van der Waals surface area contributed by atoms with E-state index in [0.29, 0.717) is 65.4 Å². The number of carbonyl (C=O) groups is 3. The van der Waals surface area contributed by atoms with Crippen molar-refractivity contribution in [3.63, 3.8) is 0 Å². The Morgan fingerprint density at radius 3 is 2.56 bits per heavy atom. The standard InChI is InChI=1S/C27H37N9O3/c1-17(2)7-12-36-16-20(15-23(36)26(39)31-9-4-3-8-28)34-25(38)22-14-19-13-18(5-6-21(19)35-22)24(37)32-10-11-33-27(29)30/h5-6,8,13-17,28,35H,3-4,7,9-12H2,1-2H3,(H,31,39)(H,32,37)(H,34,38)(H4,29,30,33). The normalized spacial score (nSPS) is 10.8. The smallest absolute Gasteiger partial charge is 0.272 e. The molecule has 0 aliphatic rings. The quantitative estimate of drug-likeness (QED) is 0.0943.